The van der Waals surface area contributed by atoms with Gasteiger partial charge >= 0.3 is 0 Å². The number of ether oxygens (including phenoxy) is 2. The molecule has 2 aromatic rings. The maximum absolute atomic E-state index is 12.2. The average Bonchev–Trinajstić information content (AvgIpc) is 2.88. The normalized spacial score (nSPS) is 12.2. The van der Waals surface area contributed by atoms with E-state index in [9.17, 15) is 9.90 Å². The van der Waals surface area contributed by atoms with Crippen LogP contribution >= 0.6 is 11.6 Å². The standard InChI is InChI=1S/C14H11ClN2O4/c15-9-2-1-7(18)3-8(9)14(19)17-11-5-13-12(4-10(11)16)20-6-21-13/h1-5,18H,6,16H2,(H,17,19). The Kier molecular flexibility index (Phi) is 3.23. The molecule has 0 atom stereocenters. The number of halogens is 1. The Morgan fingerprint density at radius 2 is 1.95 bits per heavy atom. The average molecular weight is 307 g/mol. The first-order valence-electron chi connectivity index (χ1n) is 6.03. The second-order valence-corrected chi connectivity index (χ2v) is 4.82. The van der Waals surface area contributed by atoms with Gasteiger partial charge in [-0.1, -0.05) is 11.6 Å². The lowest BCUT2D eigenvalue weighted by atomic mass is 10.2. The summed E-state index contributed by atoms with van der Waals surface area (Å²) < 4.78 is 10.4. The first-order valence-corrected chi connectivity index (χ1v) is 6.41. The highest BCUT2D eigenvalue weighted by Gasteiger charge is 2.18. The maximum Gasteiger partial charge on any atom is 0.257 e. The predicted molar refractivity (Wildman–Crippen MR) is 78.0 cm³/mol. The molecule has 0 unspecified atom stereocenters. The topological polar surface area (TPSA) is 93.8 Å². The first kappa shape index (κ1) is 13.4. The van der Waals surface area contributed by atoms with E-state index in [1.807, 2.05) is 0 Å². The monoisotopic (exact) mass is 306 g/mol. The number of phenols is 1. The van der Waals surface area contributed by atoms with Crippen LogP contribution in [0.15, 0.2) is 30.3 Å². The van der Waals surface area contributed by atoms with Crippen LogP contribution in [0.4, 0.5) is 11.4 Å². The van der Waals surface area contributed by atoms with Crippen molar-refractivity contribution in [2.24, 2.45) is 0 Å². The van der Waals surface area contributed by atoms with Crippen LogP contribution in [0.1, 0.15) is 10.4 Å². The van der Waals surface area contributed by atoms with Gasteiger partial charge in [-0.2, -0.15) is 0 Å². The van der Waals surface area contributed by atoms with Gasteiger partial charge in [0.1, 0.15) is 5.75 Å². The van der Waals surface area contributed by atoms with E-state index in [0.717, 1.165) is 0 Å². The summed E-state index contributed by atoms with van der Waals surface area (Å²) in [6.45, 7) is 0.116. The Bertz CT molecular complexity index is 733. The van der Waals surface area contributed by atoms with Gasteiger partial charge in [0.25, 0.3) is 5.91 Å². The molecule has 0 aromatic heterocycles. The molecule has 1 aliphatic rings. The van der Waals surface area contributed by atoms with Crippen molar-refractivity contribution in [1.82, 2.24) is 0 Å². The molecule has 0 bridgehead atoms. The van der Waals surface area contributed by atoms with Gasteiger partial charge in [0.15, 0.2) is 11.5 Å². The second kappa shape index (κ2) is 5.06. The van der Waals surface area contributed by atoms with Crippen LogP contribution in [0.5, 0.6) is 17.2 Å². The summed E-state index contributed by atoms with van der Waals surface area (Å²) >= 11 is 5.94. The third kappa shape index (κ3) is 2.53. The fourth-order valence-corrected chi connectivity index (χ4v) is 2.15. The summed E-state index contributed by atoms with van der Waals surface area (Å²) in [5.41, 5.74) is 6.72. The zero-order chi connectivity index (χ0) is 15.0. The highest BCUT2D eigenvalue weighted by atomic mass is 35.5. The fourth-order valence-electron chi connectivity index (χ4n) is 1.94. The lowest BCUT2D eigenvalue weighted by molar-refractivity contribution is 0.102. The largest absolute Gasteiger partial charge is 0.508 e. The Morgan fingerprint density at radius 1 is 1.24 bits per heavy atom. The number of fused-ring (bicyclic) bond motifs is 1. The summed E-state index contributed by atoms with van der Waals surface area (Å²) in [7, 11) is 0. The van der Waals surface area contributed by atoms with E-state index in [0.29, 0.717) is 22.9 Å². The Labute approximate surface area is 125 Å². The molecular formula is C14H11ClN2O4. The Morgan fingerprint density at radius 3 is 2.71 bits per heavy atom. The zero-order valence-electron chi connectivity index (χ0n) is 10.7. The summed E-state index contributed by atoms with van der Waals surface area (Å²) in [6, 6.07) is 7.26. The molecule has 0 fully saturated rings. The number of amides is 1. The van der Waals surface area contributed by atoms with Gasteiger partial charge in [0, 0.05) is 12.1 Å². The summed E-state index contributed by atoms with van der Waals surface area (Å²) in [5, 5.41) is 12.3. The molecule has 1 aliphatic heterocycles. The van der Waals surface area contributed by atoms with Crippen molar-refractivity contribution >= 4 is 28.9 Å². The molecule has 1 amide bonds. The number of anilines is 2. The number of hydrogen-bond donors (Lipinski definition) is 3. The summed E-state index contributed by atoms with van der Waals surface area (Å²) in [5.74, 6) is 0.493. The number of benzene rings is 2. The van der Waals surface area contributed by atoms with Crippen molar-refractivity contribution in [2.45, 2.75) is 0 Å². The minimum atomic E-state index is -0.485. The smallest absolute Gasteiger partial charge is 0.257 e. The van der Waals surface area contributed by atoms with E-state index in [-0.39, 0.29) is 23.1 Å². The Balaban J connectivity index is 1.90. The van der Waals surface area contributed by atoms with Gasteiger partial charge < -0.3 is 25.6 Å². The highest BCUT2D eigenvalue weighted by molar-refractivity contribution is 6.34. The maximum atomic E-state index is 12.2. The summed E-state index contributed by atoms with van der Waals surface area (Å²) in [6.07, 6.45) is 0. The van der Waals surface area contributed by atoms with Gasteiger partial charge in [0.2, 0.25) is 6.79 Å². The molecule has 2 aromatic carbocycles. The lowest BCUT2D eigenvalue weighted by Crippen LogP contribution is -2.13. The SMILES string of the molecule is Nc1cc2c(cc1NC(=O)c1cc(O)ccc1Cl)OCO2. The first-order chi connectivity index (χ1) is 10.0. The van der Waals surface area contributed by atoms with E-state index in [1.54, 1.807) is 12.1 Å². The van der Waals surface area contributed by atoms with Crippen LogP contribution in [0, 0.1) is 0 Å². The highest BCUT2D eigenvalue weighted by Crippen LogP contribution is 2.38. The number of carbonyl (C=O) groups is 1. The van der Waals surface area contributed by atoms with E-state index in [2.05, 4.69) is 5.32 Å². The van der Waals surface area contributed by atoms with Crippen molar-refractivity contribution in [2.75, 3.05) is 17.8 Å². The third-order valence-electron chi connectivity index (χ3n) is 2.99. The molecule has 3 rings (SSSR count). The molecule has 4 N–H and O–H groups in total. The molecule has 0 spiro atoms. The molecule has 0 aliphatic carbocycles. The number of nitrogen functional groups attached to an aromatic ring is 1. The number of carbonyl (C=O) groups excluding carboxylic acids is 1. The van der Waals surface area contributed by atoms with E-state index >= 15 is 0 Å². The molecule has 0 radical (unpaired) electrons. The van der Waals surface area contributed by atoms with Crippen molar-refractivity contribution in [3.05, 3.63) is 40.9 Å². The quantitative estimate of drug-likeness (QED) is 0.741. The number of nitrogens with two attached hydrogens (primary N) is 1. The minimum Gasteiger partial charge on any atom is -0.508 e. The van der Waals surface area contributed by atoms with Crippen molar-refractivity contribution in [3.63, 3.8) is 0 Å². The van der Waals surface area contributed by atoms with Crippen LogP contribution in [-0.2, 0) is 0 Å². The number of rotatable bonds is 2. The van der Waals surface area contributed by atoms with Crippen LogP contribution in [-0.4, -0.2) is 17.8 Å². The van der Waals surface area contributed by atoms with Gasteiger partial charge in [-0.15, -0.1) is 0 Å². The van der Waals surface area contributed by atoms with Crippen LogP contribution in [0.3, 0.4) is 0 Å². The van der Waals surface area contributed by atoms with Gasteiger partial charge in [0.05, 0.1) is 22.0 Å². The van der Waals surface area contributed by atoms with E-state index < -0.39 is 5.91 Å². The lowest BCUT2D eigenvalue weighted by Gasteiger charge is -2.10. The van der Waals surface area contributed by atoms with Crippen molar-refractivity contribution < 1.29 is 19.4 Å². The molecule has 1 heterocycles. The molecule has 6 nitrogen and oxygen atoms in total. The van der Waals surface area contributed by atoms with Crippen molar-refractivity contribution in [1.29, 1.82) is 0 Å². The minimum absolute atomic E-state index is 0.0526. The van der Waals surface area contributed by atoms with E-state index in [4.69, 9.17) is 26.8 Å². The van der Waals surface area contributed by atoms with Crippen molar-refractivity contribution in [3.8, 4) is 17.2 Å². The Hall–Kier alpha value is -2.60. The molecule has 21 heavy (non-hydrogen) atoms. The number of hydrogen-bond acceptors (Lipinski definition) is 5. The van der Waals surface area contributed by atoms with Crippen LogP contribution in [0.25, 0.3) is 0 Å². The molecule has 0 saturated carbocycles. The van der Waals surface area contributed by atoms with Gasteiger partial charge in [-0.05, 0) is 18.2 Å². The number of aromatic hydroxyl groups is 1. The van der Waals surface area contributed by atoms with Crippen LogP contribution < -0.4 is 20.5 Å². The second-order valence-electron chi connectivity index (χ2n) is 4.41. The van der Waals surface area contributed by atoms with Gasteiger partial charge in [-0.3, -0.25) is 4.79 Å². The molecule has 0 saturated heterocycles. The van der Waals surface area contributed by atoms with Crippen LogP contribution in [0.2, 0.25) is 5.02 Å². The zero-order valence-corrected chi connectivity index (χ0v) is 11.5. The fraction of sp³-hybridized carbons (Fsp3) is 0.0714. The van der Waals surface area contributed by atoms with E-state index in [1.165, 1.54) is 18.2 Å². The molecular weight excluding hydrogens is 296 g/mol. The number of nitrogens with one attached hydrogen (secondary N) is 1. The number of phenolic OH excluding ortho intramolecular Hbond substituents is 1. The molecule has 7 heteroatoms. The molecule has 108 valence electrons. The predicted octanol–water partition coefficient (Wildman–Crippen LogP) is 2.61. The third-order valence-corrected chi connectivity index (χ3v) is 3.32. The van der Waals surface area contributed by atoms with Gasteiger partial charge in [-0.25, -0.2) is 0 Å². The summed E-state index contributed by atoms with van der Waals surface area (Å²) in [4.78, 5) is 12.2.